The van der Waals surface area contributed by atoms with Crippen molar-refractivity contribution in [3.8, 4) is 17.2 Å². The molecule has 0 aliphatic heterocycles. The summed E-state index contributed by atoms with van der Waals surface area (Å²) in [5, 5.41) is 9.12. The molecule has 0 aliphatic carbocycles. The second kappa shape index (κ2) is 5.43. The number of pyridine rings is 1. The van der Waals surface area contributed by atoms with Crippen LogP contribution in [0.5, 0.6) is 0 Å². The first-order valence-corrected chi connectivity index (χ1v) is 7.83. The summed E-state index contributed by atoms with van der Waals surface area (Å²) in [4.78, 5) is 3.90. The maximum atomic E-state index is 12.3. The SMILES string of the molecule is CCS(=O)(=O)c1c(-c2ccc(C)cc2)ccnc1C#N. The largest absolute Gasteiger partial charge is 0.244 e. The van der Waals surface area contributed by atoms with E-state index in [9.17, 15) is 8.42 Å². The molecule has 1 aromatic heterocycles. The molecule has 0 saturated heterocycles. The molecule has 0 unspecified atom stereocenters. The van der Waals surface area contributed by atoms with E-state index in [0.717, 1.165) is 11.1 Å². The highest BCUT2D eigenvalue weighted by Gasteiger charge is 2.23. The Hall–Kier alpha value is -2.19. The van der Waals surface area contributed by atoms with Crippen LogP contribution in [0.3, 0.4) is 0 Å². The third-order valence-electron chi connectivity index (χ3n) is 3.06. The number of hydrogen-bond donors (Lipinski definition) is 0. The zero-order valence-corrected chi connectivity index (χ0v) is 12.1. The first kappa shape index (κ1) is 14.2. The van der Waals surface area contributed by atoms with Crippen molar-refractivity contribution in [3.63, 3.8) is 0 Å². The number of rotatable bonds is 3. The average molecular weight is 286 g/mol. The molecule has 4 nitrogen and oxygen atoms in total. The highest BCUT2D eigenvalue weighted by molar-refractivity contribution is 7.91. The lowest BCUT2D eigenvalue weighted by Gasteiger charge is -2.10. The van der Waals surface area contributed by atoms with Crippen LogP contribution in [-0.2, 0) is 9.84 Å². The van der Waals surface area contributed by atoms with Gasteiger partial charge in [-0.05, 0) is 18.6 Å². The minimum absolute atomic E-state index is 0.0221. The van der Waals surface area contributed by atoms with Crippen molar-refractivity contribution < 1.29 is 8.42 Å². The fourth-order valence-electron chi connectivity index (χ4n) is 1.95. The number of aromatic nitrogens is 1. The molecule has 0 N–H and O–H groups in total. The predicted molar refractivity (Wildman–Crippen MR) is 76.9 cm³/mol. The number of nitriles is 1. The monoisotopic (exact) mass is 286 g/mol. The second-order valence-corrected chi connectivity index (χ2v) is 6.63. The van der Waals surface area contributed by atoms with Gasteiger partial charge in [0.2, 0.25) is 0 Å². The number of hydrogen-bond acceptors (Lipinski definition) is 4. The third-order valence-corrected chi connectivity index (χ3v) is 4.86. The quantitative estimate of drug-likeness (QED) is 0.869. The van der Waals surface area contributed by atoms with Gasteiger partial charge in [0, 0.05) is 11.8 Å². The lowest BCUT2D eigenvalue weighted by atomic mass is 10.0. The fourth-order valence-corrected chi connectivity index (χ4v) is 3.15. The molecular weight excluding hydrogens is 272 g/mol. The van der Waals surface area contributed by atoms with E-state index in [1.807, 2.05) is 37.3 Å². The third kappa shape index (κ3) is 2.56. The zero-order valence-electron chi connectivity index (χ0n) is 11.3. The molecule has 20 heavy (non-hydrogen) atoms. The lowest BCUT2D eigenvalue weighted by Crippen LogP contribution is -2.09. The summed E-state index contributed by atoms with van der Waals surface area (Å²) in [6.07, 6.45) is 1.46. The molecule has 0 amide bonds. The molecule has 1 aromatic carbocycles. The maximum Gasteiger partial charge on any atom is 0.181 e. The van der Waals surface area contributed by atoms with Crippen LogP contribution in [0.15, 0.2) is 41.4 Å². The summed E-state index contributed by atoms with van der Waals surface area (Å²) < 4.78 is 24.5. The van der Waals surface area contributed by atoms with Gasteiger partial charge in [-0.3, -0.25) is 0 Å². The molecule has 0 radical (unpaired) electrons. The van der Waals surface area contributed by atoms with Crippen LogP contribution < -0.4 is 0 Å². The molecule has 0 bridgehead atoms. The highest BCUT2D eigenvalue weighted by atomic mass is 32.2. The van der Waals surface area contributed by atoms with E-state index in [4.69, 9.17) is 5.26 Å². The molecule has 0 spiro atoms. The maximum absolute atomic E-state index is 12.3. The Morgan fingerprint density at radius 1 is 1.20 bits per heavy atom. The van der Waals surface area contributed by atoms with Crippen LogP contribution in [0.25, 0.3) is 11.1 Å². The van der Waals surface area contributed by atoms with E-state index in [-0.39, 0.29) is 16.3 Å². The summed E-state index contributed by atoms with van der Waals surface area (Å²) in [5.41, 5.74) is 2.33. The molecular formula is C15H14N2O2S. The molecule has 5 heteroatoms. The highest BCUT2D eigenvalue weighted by Crippen LogP contribution is 2.29. The van der Waals surface area contributed by atoms with Crippen molar-refractivity contribution in [2.75, 3.05) is 5.75 Å². The standard InChI is InChI=1S/C15H14N2O2S/c1-3-20(18,19)15-13(8-9-17-14(15)10-16)12-6-4-11(2)5-7-12/h4-9H,3H2,1-2H3. The van der Waals surface area contributed by atoms with E-state index < -0.39 is 9.84 Å². The zero-order chi connectivity index (χ0) is 14.8. The topological polar surface area (TPSA) is 70.8 Å². The van der Waals surface area contributed by atoms with Crippen LogP contribution in [-0.4, -0.2) is 19.2 Å². The summed E-state index contributed by atoms with van der Waals surface area (Å²) >= 11 is 0. The van der Waals surface area contributed by atoms with Crippen LogP contribution in [0.2, 0.25) is 0 Å². The van der Waals surface area contributed by atoms with Gasteiger partial charge >= 0.3 is 0 Å². The van der Waals surface area contributed by atoms with E-state index in [1.54, 1.807) is 13.0 Å². The summed E-state index contributed by atoms with van der Waals surface area (Å²) in [7, 11) is -3.51. The van der Waals surface area contributed by atoms with Gasteiger partial charge in [-0.2, -0.15) is 5.26 Å². The van der Waals surface area contributed by atoms with Crippen molar-refractivity contribution in [3.05, 3.63) is 47.8 Å². The minimum Gasteiger partial charge on any atom is -0.244 e. The normalized spacial score (nSPS) is 11.1. The van der Waals surface area contributed by atoms with Crippen LogP contribution in [0, 0.1) is 18.3 Å². The first-order chi connectivity index (χ1) is 9.49. The Morgan fingerprint density at radius 2 is 1.85 bits per heavy atom. The van der Waals surface area contributed by atoms with Gasteiger partial charge < -0.3 is 0 Å². The number of aryl methyl sites for hydroxylation is 1. The van der Waals surface area contributed by atoms with Crippen LogP contribution in [0.4, 0.5) is 0 Å². The molecule has 0 saturated carbocycles. The fraction of sp³-hybridized carbons (Fsp3) is 0.200. The van der Waals surface area contributed by atoms with Gasteiger partial charge in [-0.1, -0.05) is 36.8 Å². The van der Waals surface area contributed by atoms with Gasteiger partial charge in [0.05, 0.1) is 5.75 Å². The number of benzene rings is 1. The van der Waals surface area contributed by atoms with E-state index in [1.165, 1.54) is 6.20 Å². The van der Waals surface area contributed by atoms with Crippen molar-refractivity contribution in [2.24, 2.45) is 0 Å². The van der Waals surface area contributed by atoms with E-state index in [2.05, 4.69) is 4.98 Å². The van der Waals surface area contributed by atoms with Crippen LogP contribution in [0.1, 0.15) is 18.2 Å². The van der Waals surface area contributed by atoms with Gasteiger partial charge in [-0.15, -0.1) is 0 Å². The Balaban J connectivity index is 2.78. The Bertz CT molecular complexity index is 773. The van der Waals surface area contributed by atoms with E-state index >= 15 is 0 Å². The Morgan fingerprint density at radius 3 is 2.40 bits per heavy atom. The van der Waals surface area contributed by atoms with Crippen molar-refractivity contribution in [1.29, 1.82) is 5.26 Å². The minimum atomic E-state index is -3.51. The van der Waals surface area contributed by atoms with Gasteiger partial charge in [0.1, 0.15) is 11.0 Å². The van der Waals surface area contributed by atoms with Crippen LogP contribution >= 0.6 is 0 Å². The molecule has 2 rings (SSSR count). The predicted octanol–water partition coefficient (Wildman–Crippen LogP) is 2.72. The van der Waals surface area contributed by atoms with Gasteiger partial charge in [0.15, 0.2) is 15.5 Å². The lowest BCUT2D eigenvalue weighted by molar-refractivity contribution is 0.597. The number of sulfone groups is 1. The Labute approximate surface area is 118 Å². The first-order valence-electron chi connectivity index (χ1n) is 6.18. The second-order valence-electron chi connectivity index (χ2n) is 4.42. The molecule has 0 fully saturated rings. The molecule has 102 valence electrons. The molecule has 0 atom stereocenters. The summed E-state index contributed by atoms with van der Waals surface area (Å²) in [5.74, 6) is -0.0633. The van der Waals surface area contributed by atoms with Crippen molar-refractivity contribution in [1.82, 2.24) is 4.98 Å². The van der Waals surface area contributed by atoms with Crippen molar-refractivity contribution in [2.45, 2.75) is 18.7 Å². The molecule has 0 aliphatic rings. The summed E-state index contributed by atoms with van der Waals surface area (Å²) in [6.45, 7) is 3.52. The number of nitrogens with zero attached hydrogens (tertiary/aromatic N) is 2. The van der Waals surface area contributed by atoms with E-state index in [0.29, 0.717) is 5.56 Å². The smallest absolute Gasteiger partial charge is 0.181 e. The summed E-state index contributed by atoms with van der Waals surface area (Å²) in [6, 6.07) is 11.0. The Kier molecular flexibility index (Phi) is 3.86. The molecule has 2 aromatic rings. The van der Waals surface area contributed by atoms with Crippen molar-refractivity contribution >= 4 is 9.84 Å². The molecule has 1 heterocycles. The van der Waals surface area contributed by atoms with Gasteiger partial charge in [-0.25, -0.2) is 13.4 Å². The van der Waals surface area contributed by atoms with Gasteiger partial charge in [0.25, 0.3) is 0 Å². The average Bonchev–Trinajstić information content (AvgIpc) is 2.47.